The summed E-state index contributed by atoms with van der Waals surface area (Å²) in [6.45, 7) is -0.743. The maximum absolute atomic E-state index is 12.5. The third-order valence-electron chi connectivity index (χ3n) is 3.13. The number of phosphoric acid groups is 1. The molecule has 3 N–H and O–H groups in total. The highest BCUT2D eigenvalue weighted by molar-refractivity contribution is 7.47. The molecule has 0 aromatic heterocycles. The van der Waals surface area contributed by atoms with Crippen LogP contribution in [0.3, 0.4) is 0 Å². The number of rotatable bonds is 10. The SMILES string of the molecule is C[N+](C)(C)CC(OP(=O)(O)OCC(O)CO)C(=O)C1CCCOO1. The highest BCUT2D eigenvalue weighted by atomic mass is 31.2. The smallest absolute Gasteiger partial charge is 0.394 e. The number of likely N-dealkylation sites (N-methyl/N-ethyl adjacent to an activating group) is 1. The Hall–Kier alpha value is -0.420. The summed E-state index contributed by atoms with van der Waals surface area (Å²) in [7, 11) is 0.772. The summed E-state index contributed by atoms with van der Waals surface area (Å²) >= 11 is 0. The van der Waals surface area contributed by atoms with Gasteiger partial charge in [-0.1, -0.05) is 0 Å². The van der Waals surface area contributed by atoms with Gasteiger partial charge in [0.05, 0.1) is 41.0 Å². The van der Waals surface area contributed by atoms with Crippen LogP contribution in [0.4, 0.5) is 0 Å². The van der Waals surface area contributed by atoms with E-state index in [1.807, 2.05) is 0 Å². The number of phosphoric ester groups is 1. The minimum absolute atomic E-state index is 0.106. The molecular formula is C13H27NO9P+. The van der Waals surface area contributed by atoms with E-state index in [4.69, 9.17) is 19.4 Å². The number of aliphatic hydroxyl groups excluding tert-OH is 2. The van der Waals surface area contributed by atoms with E-state index in [-0.39, 0.29) is 6.54 Å². The summed E-state index contributed by atoms with van der Waals surface area (Å²) in [4.78, 5) is 32.0. The van der Waals surface area contributed by atoms with Gasteiger partial charge in [-0.25, -0.2) is 14.3 Å². The van der Waals surface area contributed by atoms with Crippen molar-refractivity contribution in [2.45, 2.75) is 31.2 Å². The normalized spacial score (nSPS) is 24.2. The summed E-state index contributed by atoms with van der Waals surface area (Å²) in [5, 5.41) is 17.9. The maximum Gasteiger partial charge on any atom is 0.473 e. The molecule has 1 fully saturated rings. The number of carbonyl (C=O) groups is 1. The average Bonchev–Trinajstić information content (AvgIpc) is 2.50. The lowest BCUT2D eigenvalue weighted by atomic mass is 10.0. The Balaban J connectivity index is 2.77. The van der Waals surface area contributed by atoms with Crippen LogP contribution in [0.1, 0.15) is 12.8 Å². The van der Waals surface area contributed by atoms with Gasteiger partial charge >= 0.3 is 7.82 Å². The Morgan fingerprint density at radius 3 is 2.58 bits per heavy atom. The molecule has 0 aliphatic carbocycles. The molecule has 10 nitrogen and oxygen atoms in total. The van der Waals surface area contributed by atoms with Crippen LogP contribution < -0.4 is 0 Å². The van der Waals surface area contributed by atoms with Crippen LogP contribution in [0.15, 0.2) is 0 Å². The molecule has 24 heavy (non-hydrogen) atoms. The second kappa shape index (κ2) is 9.33. The van der Waals surface area contributed by atoms with Crippen LogP contribution in [0.25, 0.3) is 0 Å². The lowest BCUT2D eigenvalue weighted by Gasteiger charge is -2.31. The first-order chi connectivity index (χ1) is 11.0. The van der Waals surface area contributed by atoms with Gasteiger partial charge in [0.1, 0.15) is 12.6 Å². The molecule has 0 amide bonds. The highest BCUT2D eigenvalue weighted by Crippen LogP contribution is 2.45. The largest absolute Gasteiger partial charge is 0.473 e. The van der Waals surface area contributed by atoms with E-state index in [0.717, 1.165) is 0 Å². The van der Waals surface area contributed by atoms with Crippen LogP contribution in [0, 0.1) is 0 Å². The quantitative estimate of drug-likeness (QED) is 0.257. The molecule has 0 spiro atoms. The molecule has 1 aliphatic rings. The maximum atomic E-state index is 12.5. The third-order valence-corrected chi connectivity index (χ3v) is 4.12. The van der Waals surface area contributed by atoms with E-state index in [9.17, 15) is 19.4 Å². The number of nitrogens with zero attached hydrogens (tertiary/aromatic N) is 1. The molecule has 4 unspecified atom stereocenters. The first-order valence-electron chi connectivity index (χ1n) is 7.61. The monoisotopic (exact) mass is 372 g/mol. The van der Waals surface area contributed by atoms with Crippen molar-refractivity contribution < 1.29 is 47.8 Å². The summed E-state index contributed by atoms with van der Waals surface area (Å²) < 4.78 is 21.9. The average molecular weight is 372 g/mol. The highest BCUT2D eigenvalue weighted by Gasteiger charge is 2.39. The lowest BCUT2D eigenvalue weighted by Crippen LogP contribution is -2.49. The number of Topliss-reactive ketones (excluding diaryl/α,β-unsaturated/α-hetero) is 1. The van der Waals surface area contributed by atoms with Crippen molar-refractivity contribution in [3.8, 4) is 0 Å². The summed E-state index contributed by atoms with van der Waals surface area (Å²) in [6.07, 6.45) is -2.40. The van der Waals surface area contributed by atoms with E-state index < -0.39 is 45.1 Å². The van der Waals surface area contributed by atoms with E-state index in [1.54, 1.807) is 21.1 Å². The van der Waals surface area contributed by atoms with Gasteiger partial charge in [0.25, 0.3) is 0 Å². The fraction of sp³-hybridized carbons (Fsp3) is 0.923. The van der Waals surface area contributed by atoms with Gasteiger partial charge in [-0.15, -0.1) is 0 Å². The van der Waals surface area contributed by atoms with E-state index in [1.165, 1.54) is 0 Å². The molecule has 0 aromatic carbocycles. The molecule has 1 heterocycles. The second-order valence-electron chi connectivity index (χ2n) is 6.62. The molecule has 0 saturated carbocycles. The molecule has 1 saturated heterocycles. The third kappa shape index (κ3) is 8.11. The van der Waals surface area contributed by atoms with Gasteiger partial charge in [-0.05, 0) is 12.8 Å². The van der Waals surface area contributed by atoms with Crippen molar-refractivity contribution in [2.24, 2.45) is 0 Å². The molecule has 142 valence electrons. The zero-order chi connectivity index (χ0) is 18.4. The molecular weight excluding hydrogens is 345 g/mol. The van der Waals surface area contributed by atoms with Crippen LogP contribution in [0.2, 0.25) is 0 Å². The van der Waals surface area contributed by atoms with Crippen molar-refractivity contribution in [1.82, 2.24) is 0 Å². The predicted octanol–water partition coefficient (Wildman–Crippen LogP) is -0.772. The van der Waals surface area contributed by atoms with Gasteiger partial charge in [-0.3, -0.25) is 13.8 Å². The minimum Gasteiger partial charge on any atom is -0.394 e. The Bertz CT molecular complexity index is 447. The Morgan fingerprint density at radius 2 is 2.08 bits per heavy atom. The van der Waals surface area contributed by atoms with Crippen molar-refractivity contribution >= 4 is 13.6 Å². The van der Waals surface area contributed by atoms with Crippen molar-refractivity contribution in [2.75, 3.05) is 47.5 Å². The first kappa shape index (κ1) is 21.6. The second-order valence-corrected chi connectivity index (χ2v) is 8.03. The molecule has 0 bridgehead atoms. The molecule has 1 rings (SSSR count). The van der Waals surface area contributed by atoms with Crippen LogP contribution in [-0.2, 0) is 28.2 Å². The molecule has 1 aliphatic heterocycles. The van der Waals surface area contributed by atoms with Gasteiger partial charge in [0.2, 0.25) is 0 Å². The van der Waals surface area contributed by atoms with E-state index in [2.05, 4.69) is 4.52 Å². The molecule has 0 radical (unpaired) electrons. The van der Waals surface area contributed by atoms with Crippen LogP contribution in [-0.4, -0.2) is 91.2 Å². The van der Waals surface area contributed by atoms with Crippen LogP contribution in [0.5, 0.6) is 0 Å². The summed E-state index contributed by atoms with van der Waals surface area (Å²) in [6, 6.07) is 0. The summed E-state index contributed by atoms with van der Waals surface area (Å²) in [5.41, 5.74) is 0. The minimum atomic E-state index is -4.61. The fourth-order valence-electron chi connectivity index (χ4n) is 2.00. The van der Waals surface area contributed by atoms with Gasteiger partial charge in [-0.2, -0.15) is 0 Å². The standard InChI is InChI=1S/C13H26NO9P/c1-14(2,3)7-12(13(17)11-5-4-6-20-22-11)23-24(18,19)21-9-10(16)8-15/h10-12,15-16H,4-9H2,1-3H3/p+1. The number of carbonyl (C=O) groups excluding carboxylic acids is 1. The Labute approximate surface area is 141 Å². The number of ketones is 1. The number of aliphatic hydroxyl groups is 2. The van der Waals surface area contributed by atoms with Gasteiger partial charge in [0, 0.05) is 0 Å². The number of quaternary nitrogens is 1. The number of hydrogen-bond acceptors (Lipinski definition) is 8. The Kier molecular flexibility index (Phi) is 8.40. The topological polar surface area (TPSA) is 132 Å². The van der Waals surface area contributed by atoms with Gasteiger partial charge in [0.15, 0.2) is 18.0 Å². The molecule has 11 heteroatoms. The van der Waals surface area contributed by atoms with Crippen molar-refractivity contribution in [3.05, 3.63) is 0 Å². The zero-order valence-corrected chi connectivity index (χ0v) is 15.1. The van der Waals surface area contributed by atoms with Crippen LogP contribution >= 0.6 is 7.82 Å². The Morgan fingerprint density at radius 1 is 1.42 bits per heavy atom. The van der Waals surface area contributed by atoms with Gasteiger partial charge < -0.3 is 19.6 Å². The predicted molar refractivity (Wildman–Crippen MR) is 81.7 cm³/mol. The molecule has 0 aromatic rings. The zero-order valence-electron chi connectivity index (χ0n) is 14.2. The fourth-order valence-corrected chi connectivity index (χ4v) is 2.91. The van der Waals surface area contributed by atoms with Crippen molar-refractivity contribution in [3.63, 3.8) is 0 Å². The lowest BCUT2D eigenvalue weighted by molar-refractivity contribution is -0.872. The molecule has 4 atom stereocenters. The first-order valence-corrected chi connectivity index (χ1v) is 9.11. The number of hydrogen-bond donors (Lipinski definition) is 3. The summed E-state index contributed by atoms with van der Waals surface area (Å²) in [5.74, 6) is -0.511. The van der Waals surface area contributed by atoms with Crippen molar-refractivity contribution in [1.29, 1.82) is 0 Å². The van der Waals surface area contributed by atoms with E-state index in [0.29, 0.717) is 23.9 Å². The van der Waals surface area contributed by atoms with E-state index >= 15 is 0 Å².